The third-order valence-corrected chi connectivity index (χ3v) is 5.09. The monoisotopic (exact) mass is 400 g/mol. The van der Waals surface area contributed by atoms with Gasteiger partial charge in [-0.1, -0.05) is 0 Å². The minimum absolute atomic E-state index is 0.159. The van der Waals surface area contributed by atoms with E-state index in [0.717, 1.165) is 44.8 Å². The third-order valence-electron chi connectivity index (χ3n) is 5.09. The van der Waals surface area contributed by atoms with E-state index in [1.165, 1.54) is 6.07 Å². The van der Waals surface area contributed by atoms with Crippen molar-refractivity contribution in [3.8, 4) is 0 Å². The van der Waals surface area contributed by atoms with E-state index in [1.54, 1.807) is 48.4 Å². The molecule has 0 N–H and O–H groups in total. The van der Waals surface area contributed by atoms with Crippen LogP contribution in [0.25, 0.3) is 0 Å². The van der Waals surface area contributed by atoms with Crippen LogP contribution in [-0.4, -0.2) is 74.2 Å². The number of carbonyl (C=O) groups is 1. The van der Waals surface area contributed by atoms with Crippen LogP contribution in [0.15, 0.2) is 42.7 Å². The van der Waals surface area contributed by atoms with Crippen LogP contribution in [0, 0.1) is 5.82 Å². The summed E-state index contributed by atoms with van der Waals surface area (Å²) in [4.78, 5) is 23.0. The number of hydrogen-bond donors (Lipinski definition) is 0. The number of anilines is 1. The van der Waals surface area contributed by atoms with Gasteiger partial charge in [0.05, 0.1) is 18.9 Å². The summed E-state index contributed by atoms with van der Waals surface area (Å²) in [6, 6.07) is 8.48. The van der Waals surface area contributed by atoms with Gasteiger partial charge in [0.2, 0.25) is 0 Å². The number of carbonyl (C=O) groups excluding carboxylic acids is 1. The Morgan fingerprint density at radius 3 is 2.55 bits per heavy atom. The largest absolute Gasteiger partial charge is 0.379 e. The molecule has 0 saturated carbocycles. The van der Waals surface area contributed by atoms with Gasteiger partial charge in [0, 0.05) is 64.8 Å². The van der Waals surface area contributed by atoms with Crippen molar-refractivity contribution in [1.29, 1.82) is 0 Å². The molecule has 1 amide bonds. The first-order chi connectivity index (χ1) is 14.0. The highest BCUT2D eigenvalue weighted by atomic mass is 19.1. The van der Waals surface area contributed by atoms with Crippen molar-refractivity contribution in [1.82, 2.24) is 14.8 Å². The summed E-state index contributed by atoms with van der Waals surface area (Å²) in [6.07, 6.45) is 4.30. The van der Waals surface area contributed by atoms with E-state index in [-0.39, 0.29) is 5.91 Å². The zero-order valence-corrected chi connectivity index (χ0v) is 17.2. The SMILES string of the molecule is CN(C)c1ccc(C(=O)N(CCCN2CCOCC2)Cc2ccncc2)cc1F. The molecule has 2 heterocycles. The van der Waals surface area contributed by atoms with Crippen molar-refractivity contribution >= 4 is 11.6 Å². The van der Waals surface area contributed by atoms with Crippen molar-refractivity contribution in [2.75, 3.05) is 58.4 Å². The maximum absolute atomic E-state index is 14.4. The first-order valence-corrected chi connectivity index (χ1v) is 10.00. The zero-order valence-electron chi connectivity index (χ0n) is 17.2. The van der Waals surface area contributed by atoms with Crippen LogP contribution < -0.4 is 4.90 Å². The number of ether oxygens (including phenoxy) is 1. The molecule has 2 aromatic rings. The molecule has 1 aromatic carbocycles. The molecule has 1 saturated heterocycles. The Bertz CT molecular complexity index is 795. The minimum Gasteiger partial charge on any atom is -0.379 e. The molecule has 6 nitrogen and oxygen atoms in total. The number of nitrogens with zero attached hydrogens (tertiary/aromatic N) is 4. The Hall–Kier alpha value is -2.51. The lowest BCUT2D eigenvalue weighted by molar-refractivity contribution is 0.0355. The topological polar surface area (TPSA) is 48.9 Å². The normalized spacial score (nSPS) is 14.6. The number of amides is 1. The molecular weight excluding hydrogens is 371 g/mol. The predicted molar refractivity (Wildman–Crippen MR) is 112 cm³/mol. The van der Waals surface area contributed by atoms with Gasteiger partial charge in [0.1, 0.15) is 5.82 Å². The number of benzene rings is 1. The van der Waals surface area contributed by atoms with Gasteiger partial charge in [-0.25, -0.2) is 4.39 Å². The van der Waals surface area contributed by atoms with E-state index in [1.807, 2.05) is 12.1 Å². The summed E-state index contributed by atoms with van der Waals surface area (Å²) < 4.78 is 19.8. The maximum Gasteiger partial charge on any atom is 0.254 e. The summed E-state index contributed by atoms with van der Waals surface area (Å²) in [5, 5.41) is 0. The lowest BCUT2D eigenvalue weighted by Crippen LogP contribution is -2.39. The van der Waals surface area contributed by atoms with Gasteiger partial charge in [-0.3, -0.25) is 14.7 Å². The minimum atomic E-state index is -0.391. The molecule has 1 aromatic heterocycles. The first-order valence-electron chi connectivity index (χ1n) is 10.00. The summed E-state index contributed by atoms with van der Waals surface area (Å²) in [5.74, 6) is -0.550. The van der Waals surface area contributed by atoms with Crippen molar-refractivity contribution in [2.45, 2.75) is 13.0 Å². The van der Waals surface area contributed by atoms with Crippen molar-refractivity contribution in [3.63, 3.8) is 0 Å². The molecular formula is C22H29FN4O2. The van der Waals surface area contributed by atoms with E-state index in [0.29, 0.717) is 24.3 Å². The highest BCUT2D eigenvalue weighted by Crippen LogP contribution is 2.20. The second-order valence-corrected chi connectivity index (χ2v) is 7.45. The number of rotatable bonds is 8. The number of hydrogen-bond acceptors (Lipinski definition) is 5. The Balaban J connectivity index is 1.70. The molecule has 0 aliphatic carbocycles. The fraction of sp³-hybridized carbons (Fsp3) is 0.455. The summed E-state index contributed by atoms with van der Waals surface area (Å²) in [6.45, 7) is 5.37. The number of pyridine rings is 1. The highest BCUT2D eigenvalue weighted by Gasteiger charge is 2.19. The van der Waals surface area contributed by atoms with Gasteiger partial charge in [0.15, 0.2) is 0 Å². The van der Waals surface area contributed by atoms with Crippen molar-refractivity contribution < 1.29 is 13.9 Å². The van der Waals surface area contributed by atoms with Crippen LogP contribution in [0.3, 0.4) is 0 Å². The Kier molecular flexibility index (Phi) is 7.55. The average molecular weight is 400 g/mol. The van der Waals surface area contributed by atoms with Crippen LogP contribution in [0.1, 0.15) is 22.3 Å². The van der Waals surface area contributed by atoms with Gasteiger partial charge < -0.3 is 14.5 Å². The van der Waals surface area contributed by atoms with Crippen LogP contribution in [0.5, 0.6) is 0 Å². The molecule has 0 bridgehead atoms. The number of halogens is 1. The molecule has 0 radical (unpaired) electrons. The second kappa shape index (κ2) is 10.3. The summed E-state index contributed by atoms with van der Waals surface area (Å²) in [7, 11) is 3.56. The molecule has 0 atom stereocenters. The first kappa shape index (κ1) is 21.2. The van der Waals surface area contributed by atoms with E-state index < -0.39 is 5.82 Å². The quantitative estimate of drug-likeness (QED) is 0.682. The van der Waals surface area contributed by atoms with Gasteiger partial charge in [-0.15, -0.1) is 0 Å². The standard InChI is InChI=1S/C22H29FN4O2/c1-25(2)21-5-4-19(16-20(21)23)22(28)27(17-18-6-8-24-9-7-18)11-3-10-26-12-14-29-15-13-26/h4-9,16H,3,10-15,17H2,1-2H3. The lowest BCUT2D eigenvalue weighted by atomic mass is 10.1. The predicted octanol–water partition coefficient (Wildman–Crippen LogP) is 2.65. The fourth-order valence-corrected chi connectivity index (χ4v) is 3.46. The number of aromatic nitrogens is 1. The zero-order chi connectivity index (χ0) is 20.6. The third kappa shape index (κ3) is 5.98. The Labute approximate surface area is 171 Å². The van der Waals surface area contributed by atoms with Crippen LogP contribution in [-0.2, 0) is 11.3 Å². The van der Waals surface area contributed by atoms with E-state index in [2.05, 4.69) is 9.88 Å². The Morgan fingerprint density at radius 1 is 1.17 bits per heavy atom. The van der Waals surface area contributed by atoms with Gasteiger partial charge in [-0.2, -0.15) is 0 Å². The molecule has 1 fully saturated rings. The molecule has 7 heteroatoms. The molecule has 156 valence electrons. The van der Waals surface area contributed by atoms with Crippen LogP contribution >= 0.6 is 0 Å². The molecule has 1 aliphatic heterocycles. The molecule has 0 unspecified atom stereocenters. The van der Waals surface area contributed by atoms with Gasteiger partial charge >= 0.3 is 0 Å². The second-order valence-electron chi connectivity index (χ2n) is 7.45. The smallest absolute Gasteiger partial charge is 0.254 e. The molecule has 3 rings (SSSR count). The Morgan fingerprint density at radius 2 is 1.90 bits per heavy atom. The molecule has 1 aliphatic rings. The van der Waals surface area contributed by atoms with Gasteiger partial charge in [-0.05, 0) is 42.3 Å². The van der Waals surface area contributed by atoms with Crippen LogP contribution in [0.4, 0.5) is 10.1 Å². The maximum atomic E-state index is 14.4. The highest BCUT2D eigenvalue weighted by molar-refractivity contribution is 5.94. The summed E-state index contributed by atoms with van der Waals surface area (Å²) >= 11 is 0. The van der Waals surface area contributed by atoms with Crippen LogP contribution in [0.2, 0.25) is 0 Å². The van der Waals surface area contributed by atoms with Crippen molar-refractivity contribution in [3.05, 3.63) is 59.7 Å². The lowest BCUT2D eigenvalue weighted by Gasteiger charge is -2.28. The van der Waals surface area contributed by atoms with Crippen molar-refractivity contribution in [2.24, 2.45) is 0 Å². The fourth-order valence-electron chi connectivity index (χ4n) is 3.46. The van der Waals surface area contributed by atoms with Gasteiger partial charge in [0.25, 0.3) is 5.91 Å². The summed E-state index contributed by atoms with van der Waals surface area (Å²) in [5.41, 5.74) is 1.84. The van der Waals surface area contributed by atoms with E-state index >= 15 is 0 Å². The number of morpholine rings is 1. The molecule has 0 spiro atoms. The average Bonchev–Trinajstić information content (AvgIpc) is 2.73. The van der Waals surface area contributed by atoms with E-state index in [4.69, 9.17) is 4.74 Å². The van der Waals surface area contributed by atoms with E-state index in [9.17, 15) is 9.18 Å². The molecule has 29 heavy (non-hydrogen) atoms.